The van der Waals surface area contributed by atoms with Gasteiger partial charge in [-0.25, -0.2) is 9.97 Å². The summed E-state index contributed by atoms with van der Waals surface area (Å²) in [7, 11) is 0. The zero-order valence-corrected chi connectivity index (χ0v) is 17.2. The fourth-order valence-electron chi connectivity index (χ4n) is 4.81. The van der Waals surface area contributed by atoms with Crippen LogP contribution in [0.1, 0.15) is 60.0 Å². The number of fused-ring (bicyclic) bond motifs is 1. The highest BCUT2D eigenvalue weighted by Gasteiger charge is 2.24. The molecular formula is C24H28N4O2. The Morgan fingerprint density at radius 3 is 2.67 bits per heavy atom. The molecule has 0 N–H and O–H groups in total. The van der Waals surface area contributed by atoms with Crippen LogP contribution in [0, 0.1) is 0 Å². The van der Waals surface area contributed by atoms with Crippen LogP contribution < -0.4 is 0 Å². The van der Waals surface area contributed by atoms with Crippen LogP contribution >= 0.6 is 0 Å². The van der Waals surface area contributed by atoms with Gasteiger partial charge in [0.15, 0.2) is 5.65 Å². The monoisotopic (exact) mass is 404 g/mol. The molecule has 2 aliphatic heterocycles. The van der Waals surface area contributed by atoms with Gasteiger partial charge in [-0.15, -0.1) is 0 Å². The summed E-state index contributed by atoms with van der Waals surface area (Å²) in [6.45, 7) is 3.14. The number of ether oxygens (including phenoxy) is 1. The van der Waals surface area contributed by atoms with E-state index >= 15 is 0 Å². The maximum absolute atomic E-state index is 13.2. The van der Waals surface area contributed by atoms with Gasteiger partial charge in [-0.3, -0.25) is 4.79 Å². The third-order valence-electron chi connectivity index (χ3n) is 6.53. The fourth-order valence-corrected chi connectivity index (χ4v) is 4.81. The Hall–Kier alpha value is -2.73. The maximum atomic E-state index is 13.2. The van der Waals surface area contributed by atoms with Crippen molar-refractivity contribution in [3.63, 3.8) is 0 Å². The summed E-state index contributed by atoms with van der Waals surface area (Å²) in [6, 6.07) is 12.9. The van der Waals surface area contributed by atoms with Gasteiger partial charge in [-0.2, -0.15) is 0 Å². The summed E-state index contributed by atoms with van der Waals surface area (Å²) in [5.41, 5.74) is 3.68. The van der Waals surface area contributed by atoms with E-state index in [1.54, 1.807) is 6.20 Å². The Kier molecular flexibility index (Phi) is 5.49. The second-order valence-corrected chi connectivity index (χ2v) is 8.39. The van der Waals surface area contributed by atoms with Gasteiger partial charge in [0.2, 0.25) is 0 Å². The number of imidazole rings is 1. The normalized spacial score (nSPS) is 20.9. The summed E-state index contributed by atoms with van der Waals surface area (Å²) in [4.78, 5) is 24.3. The number of benzene rings is 1. The largest absolute Gasteiger partial charge is 0.381 e. The number of pyridine rings is 1. The molecule has 3 aromatic rings. The first-order valence-corrected chi connectivity index (χ1v) is 11.0. The summed E-state index contributed by atoms with van der Waals surface area (Å²) in [5, 5.41) is 0. The second kappa shape index (κ2) is 8.56. The number of rotatable bonds is 3. The second-order valence-electron chi connectivity index (χ2n) is 8.39. The lowest BCUT2D eigenvalue weighted by molar-refractivity contribution is 0.0704. The van der Waals surface area contributed by atoms with Crippen molar-refractivity contribution < 1.29 is 9.53 Å². The van der Waals surface area contributed by atoms with Gasteiger partial charge in [0.1, 0.15) is 5.52 Å². The Morgan fingerprint density at radius 1 is 1.00 bits per heavy atom. The van der Waals surface area contributed by atoms with Crippen molar-refractivity contribution in [1.29, 1.82) is 0 Å². The molecule has 2 fully saturated rings. The smallest absolute Gasteiger partial charge is 0.255 e. The Bertz CT molecular complexity index is 1010. The molecular weight excluding hydrogens is 376 g/mol. The van der Waals surface area contributed by atoms with E-state index in [-0.39, 0.29) is 5.91 Å². The van der Waals surface area contributed by atoms with Crippen molar-refractivity contribution in [2.75, 3.05) is 26.3 Å². The first kappa shape index (κ1) is 19.2. The van der Waals surface area contributed by atoms with E-state index < -0.39 is 0 Å². The number of carbonyl (C=O) groups excluding carboxylic acids is 1. The molecule has 156 valence electrons. The lowest BCUT2D eigenvalue weighted by Gasteiger charge is -2.23. The van der Waals surface area contributed by atoms with Gasteiger partial charge in [0.25, 0.3) is 5.91 Å². The van der Waals surface area contributed by atoms with Crippen LogP contribution in [-0.2, 0) is 4.74 Å². The van der Waals surface area contributed by atoms with E-state index in [1.807, 2.05) is 17.3 Å². The number of nitrogens with zero attached hydrogens (tertiary/aromatic N) is 4. The molecule has 2 aliphatic rings. The number of hydrogen-bond acceptors (Lipinski definition) is 4. The summed E-state index contributed by atoms with van der Waals surface area (Å²) < 4.78 is 7.61. The van der Waals surface area contributed by atoms with Gasteiger partial charge < -0.3 is 14.2 Å². The molecule has 6 nitrogen and oxygen atoms in total. The number of carbonyl (C=O) groups is 1. The Labute approximate surface area is 176 Å². The maximum Gasteiger partial charge on any atom is 0.255 e. The van der Waals surface area contributed by atoms with E-state index in [2.05, 4.69) is 44.9 Å². The highest BCUT2D eigenvalue weighted by Crippen LogP contribution is 2.29. The van der Waals surface area contributed by atoms with Gasteiger partial charge in [0.05, 0.1) is 11.9 Å². The van der Waals surface area contributed by atoms with Crippen molar-refractivity contribution in [3.8, 4) is 0 Å². The number of amides is 1. The minimum atomic E-state index is 0.0683. The van der Waals surface area contributed by atoms with Crippen LogP contribution in [0.5, 0.6) is 0 Å². The molecule has 4 heterocycles. The molecule has 0 radical (unpaired) electrons. The Morgan fingerprint density at radius 2 is 1.83 bits per heavy atom. The zero-order valence-electron chi connectivity index (χ0n) is 17.2. The number of aromatic nitrogens is 3. The van der Waals surface area contributed by atoms with Crippen LogP contribution in [0.25, 0.3) is 11.2 Å². The van der Waals surface area contributed by atoms with Gasteiger partial charge in [-0.05, 0) is 49.7 Å². The Balaban J connectivity index is 1.31. The van der Waals surface area contributed by atoms with Gasteiger partial charge >= 0.3 is 0 Å². The highest BCUT2D eigenvalue weighted by atomic mass is 16.5. The molecule has 5 rings (SSSR count). The molecule has 2 saturated heterocycles. The average Bonchev–Trinajstić information content (AvgIpc) is 3.07. The lowest BCUT2D eigenvalue weighted by Crippen LogP contribution is -2.32. The molecule has 0 saturated carbocycles. The van der Waals surface area contributed by atoms with Crippen molar-refractivity contribution in [1.82, 2.24) is 19.4 Å². The van der Waals surface area contributed by atoms with Crippen molar-refractivity contribution >= 4 is 17.1 Å². The van der Waals surface area contributed by atoms with Crippen molar-refractivity contribution in [3.05, 3.63) is 60.0 Å². The molecule has 1 aromatic carbocycles. The first-order valence-electron chi connectivity index (χ1n) is 11.0. The topological polar surface area (TPSA) is 60.3 Å². The lowest BCUT2D eigenvalue weighted by atomic mass is 9.92. The van der Waals surface area contributed by atoms with E-state index in [1.165, 1.54) is 5.56 Å². The van der Waals surface area contributed by atoms with Gasteiger partial charge in [-0.1, -0.05) is 30.3 Å². The van der Waals surface area contributed by atoms with E-state index in [4.69, 9.17) is 4.74 Å². The van der Waals surface area contributed by atoms with Crippen LogP contribution in [0.4, 0.5) is 0 Å². The standard InChI is InChI=1S/C24H28N4O2/c29-24(27-11-4-7-19(8-12-27)18-5-2-1-3-6-18)20-15-22-23(25-16-20)28(17-26-22)21-9-13-30-14-10-21/h1-3,5-6,15-17,19,21H,4,7-14H2. The molecule has 1 unspecified atom stereocenters. The van der Waals surface area contributed by atoms with Crippen LogP contribution in [0.3, 0.4) is 0 Å². The molecule has 1 atom stereocenters. The predicted octanol–water partition coefficient (Wildman–Crippen LogP) is 4.19. The van der Waals surface area contributed by atoms with E-state index in [0.717, 1.165) is 69.6 Å². The molecule has 0 bridgehead atoms. The molecule has 6 heteroatoms. The minimum Gasteiger partial charge on any atom is -0.381 e. The molecule has 0 spiro atoms. The third-order valence-corrected chi connectivity index (χ3v) is 6.53. The average molecular weight is 405 g/mol. The molecule has 0 aliphatic carbocycles. The van der Waals surface area contributed by atoms with Crippen LogP contribution in [0.2, 0.25) is 0 Å². The molecule has 1 amide bonds. The van der Waals surface area contributed by atoms with E-state index in [9.17, 15) is 4.79 Å². The SMILES string of the molecule is O=C(c1cnc2c(c1)ncn2C1CCOCC1)N1CCCC(c2ccccc2)CC1. The summed E-state index contributed by atoms with van der Waals surface area (Å²) in [5.74, 6) is 0.596. The van der Waals surface area contributed by atoms with E-state index in [0.29, 0.717) is 17.5 Å². The number of likely N-dealkylation sites (tertiary alicyclic amines) is 1. The minimum absolute atomic E-state index is 0.0683. The predicted molar refractivity (Wildman–Crippen MR) is 116 cm³/mol. The van der Waals surface area contributed by atoms with Crippen LogP contribution in [0.15, 0.2) is 48.9 Å². The highest BCUT2D eigenvalue weighted by molar-refractivity contribution is 5.96. The van der Waals surface area contributed by atoms with Gasteiger partial charge in [0, 0.05) is 38.5 Å². The summed E-state index contributed by atoms with van der Waals surface area (Å²) >= 11 is 0. The van der Waals surface area contributed by atoms with Crippen molar-refractivity contribution in [2.24, 2.45) is 0 Å². The first-order chi connectivity index (χ1) is 14.8. The molecule has 30 heavy (non-hydrogen) atoms. The fraction of sp³-hybridized carbons (Fsp3) is 0.458. The summed E-state index contributed by atoms with van der Waals surface area (Å²) in [6.07, 6.45) is 8.69. The van der Waals surface area contributed by atoms with Crippen LogP contribution in [-0.4, -0.2) is 51.6 Å². The number of hydrogen-bond donors (Lipinski definition) is 0. The zero-order chi connectivity index (χ0) is 20.3. The van der Waals surface area contributed by atoms with Crippen molar-refractivity contribution in [2.45, 2.75) is 44.1 Å². The third kappa shape index (κ3) is 3.84. The molecule has 2 aromatic heterocycles. The quantitative estimate of drug-likeness (QED) is 0.657.